The lowest BCUT2D eigenvalue weighted by molar-refractivity contribution is -0.113. The summed E-state index contributed by atoms with van der Waals surface area (Å²) >= 11 is 0. The van der Waals surface area contributed by atoms with Gasteiger partial charge in [-0.25, -0.2) is 4.79 Å². The summed E-state index contributed by atoms with van der Waals surface area (Å²) in [6.07, 6.45) is 0. The zero-order valence-electron chi connectivity index (χ0n) is 14.3. The van der Waals surface area contributed by atoms with Crippen LogP contribution in [0.15, 0.2) is 59.9 Å². The van der Waals surface area contributed by atoms with E-state index in [-0.39, 0.29) is 18.8 Å². The molecular formula is C20H19NO5. The lowest BCUT2D eigenvalue weighted by Crippen LogP contribution is -2.22. The minimum absolute atomic E-state index is 0.160. The average Bonchev–Trinajstić information content (AvgIpc) is 2.65. The fourth-order valence-corrected chi connectivity index (χ4v) is 2.57. The first-order valence-electron chi connectivity index (χ1n) is 8.17. The third-order valence-corrected chi connectivity index (χ3v) is 4.11. The van der Waals surface area contributed by atoms with Crippen LogP contribution >= 0.6 is 0 Å². The first-order chi connectivity index (χ1) is 12.6. The number of benzene rings is 2. The van der Waals surface area contributed by atoms with Gasteiger partial charge in [0.15, 0.2) is 0 Å². The Kier molecular flexibility index (Phi) is 5.34. The monoisotopic (exact) mass is 353 g/mol. The van der Waals surface area contributed by atoms with Gasteiger partial charge in [0.25, 0.3) is 5.91 Å². The molecule has 2 N–H and O–H groups in total. The first-order valence-corrected chi connectivity index (χ1v) is 8.17. The summed E-state index contributed by atoms with van der Waals surface area (Å²) in [6.45, 7) is 1.60. The Morgan fingerprint density at radius 1 is 1.23 bits per heavy atom. The number of nitrogens with one attached hydrogen (secondary N) is 1. The summed E-state index contributed by atoms with van der Waals surface area (Å²) in [5, 5.41) is 12.1. The fraction of sp³-hybridized carbons (Fsp3) is 0.200. The lowest BCUT2D eigenvalue weighted by atomic mass is 10.1. The molecule has 1 aliphatic rings. The number of carbonyl (C=O) groups is 2. The molecule has 0 unspecified atom stereocenters. The summed E-state index contributed by atoms with van der Waals surface area (Å²) in [5.41, 5.74) is 2.57. The van der Waals surface area contributed by atoms with E-state index in [4.69, 9.17) is 9.47 Å². The van der Waals surface area contributed by atoms with Gasteiger partial charge in [0, 0.05) is 11.3 Å². The normalized spacial score (nSPS) is 16.6. The Bertz CT molecular complexity index is 858. The van der Waals surface area contributed by atoms with Gasteiger partial charge in [0.05, 0.1) is 17.7 Å². The van der Waals surface area contributed by atoms with E-state index < -0.39 is 18.5 Å². The van der Waals surface area contributed by atoms with Crippen LogP contribution in [0, 0.1) is 0 Å². The van der Waals surface area contributed by atoms with Gasteiger partial charge >= 0.3 is 5.97 Å². The minimum atomic E-state index is -0.483. The van der Waals surface area contributed by atoms with Crippen molar-refractivity contribution in [3.63, 3.8) is 0 Å². The molecule has 1 heterocycles. The fourth-order valence-electron chi connectivity index (χ4n) is 2.57. The molecule has 0 aromatic heterocycles. The van der Waals surface area contributed by atoms with Crippen molar-refractivity contribution < 1.29 is 24.2 Å². The predicted octanol–water partition coefficient (Wildman–Crippen LogP) is 2.78. The number of carbonyl (C=O) groups excluding carboxylic acids is 2. The number of esters is 1. The van der Waals surface area contributed by atoms with E-state index in [1.807, 2.05) is 30.3 Å². The molecule has 1 amide bonds. The van der Waals surface area contributed by atoms with Crippen LogP contribution in [-0.2, 0) is 27.5 Å². The maximum absolute atomic E-state index is 12.3. The van der Waals surface area contributed by atoms with Crippen LogP contribution in [0.2, 0.25) is 0 Å². The molecule has 1 aliphatic heterocycles. The maximum atomic E-state index is 12.3. The van der Waals surface area contributed by atoms with Gasteiger partial charge in [-0.15, -0.1) is 0 Å². The second-order valence-electron chi connectivity index (χ2n) is 5.87. The summed E-state index contributed by atoms with van der Waals surface area (Å²) in [4.78, 5) is 24.5. The lowest BCUT2D eigenvalue weighted by Gasteiger charge is -2.19. The predicted molar refractivity (Wildman–Crippen MR) is 95.2 cm³/mol. The topological polar surface area (TPSA) is 84.9 Å². The quantitative estimate of drug-likeness (QED) is 0.826. The second kappa shape index (κ2) is 7.84. The van der Waals surface area contributed by atoms with Crippen molar-refractivity contribution in [1.82, 2.24) is 0 Å². The number of allylic oxidation sites excluding steroid dienone is 1. The number of amides is 1. The Balaban J connectivity index is 1.76. The molecule has 0 saturated carbocycles. The van der Waals surface area contributed by atoms with E-state index in [1.54, 1.807) is 25.1 Å². The Morgan fingerprint density at radius 3 is 2.73 bits per heavy atom. The van der Waals surface area contributed by atoms with Crippen LogP contribution in [0.25, 0.3) is 0 Å². The van der Waals surface area contributed by atoms with Gasteiger partial charge in [-0.05, 0) is 24.6 Å². The molecule has 3 rings (SSSR count). The van der Waals surface area contributed by atoms with Crippen molar-refractivity contribution in [2.75, 3.05) is 11.9 Å². The molecule has 0 aliphatic carbocycles. The first kappa shape index (κ1) is 17.7. The van der Waals surface area contributed by atoms with Crippen molar-refractivity contribution >= 4 is 17.6 Å². The number of hydrogen-bond donors (Lipinski definition) is 2. The van der Waals surface area contributed by atoms with Crippen LogP contribution in [0.5, 0.6) is 0 Å². The minimum Gasteiger partial charge on any atom is -0.493 e. The zero-order valence-corrected chi connectivity index (χ0v) is 14.3. The Morgan fingerprint density at radius 2 is 2.00 bits per heavy atom. The highest BCUT2D eigenvalue weighted by Gasteiger charge is 2.20. The molecule has 0 fully saturated rings. The highest BCUT2D eigenvalue weighted by molar-refractivity contribution is 6.05. The van der Waals surface area contributed by atoms with E-state index in [0.29, 0.717) is 17.0 Å². The van der Waals surface area contributed by atoms with E-state index in [1.165, 1.54) is 0 Å². The van der Waals surface area contributed by atoms with Gasteiger partial charge in [-0.2, -0.15) is 0 Å². The van der Waals surface area contributed by atoms with Gasteiger partial charge < -0.3 is 19.9 Å². The number of rotatable bonds is 4. The van der Waals surface area contributed by atoms with E-state index >= 15 is 0 Å². The molecule has 0 bridgehead atoms. The SMILES string of the molecule is C/C1=C(\CO)C(=O)Nc2cc(C(=O)OCc3ccccc3)ccc2CO1. The highest BCUT2D eigenvalue weighted by atomic mass is 16.5. The molecule has 2 aromatic rings. The van der Waals surface area contributed by atoms with Crippen LogP contribution in [-0.4, -0.2) is 23.6 Å². The maximum Gasteiger partial charge on any atom is 0.338 e. The van der Waals surface area contributed by atoms with Gasteiger partial charge in [0.2, 0.25) is 0 Å². The highest BCUT2D eigenvalue weighted by Crippen LogP contribution is 2.24. The number of anilines is 1. The van der Waals surface area contributed by atoms with Gasteiger partial charge in [-0.3, -0.25) is 4.79 Å². The van der Waals surface area contributed by atoms with Crippen LogP contribution < -0.4 is 5.32 Å². The summed E-state index contributed by atoms with van der Waals surface area (Å²) < 4.78 is 10.8. The van der Waals surface area contributed by atoms with Crippen molar-refractivity contribution in [1.29, 1.82) is 0 Å². The summed E-state index contributed by atoms with van der Waals surface area (Å²) in [7, 11) is 0. The standard InChI is InChI=1S/C20H19NO5/c1-13-17(10-22)19(23)21-18-9-15(7-8-16(18)12-25-13)20(24)26-11-14-5-3-2-4-6-14/h2-9,22H,10-12H2,1H3,(H,21,23)/b17-13-. The van der Waals surface area contributed by atoms with Gasteiger partial charge in [0.1, 0.15) is 19.0 Å². The third kappa shape index (κ3) is 3.92. The number of fused-ring (bicyclic) bond motifs is 1. The number of ether oxygens (including phenoxy) is 2. The van der Waals surface area contributed by atoms with E-state index in [0.717, 1.165) is 11.1 Å². The summed E-state index contributed by atoms with van der Waals surface area (Å²) in [5.74, 6) is -0.564. The molecule has 0 radical (unpaired) electrons. The van der Waals surface area contributed by atoms with Crippen LogP contribution in [0.4, 0.5) is 5.69 Å². The molecule has 0 atom stereocenters. The largest absolute Gasteiger partial charge is 0.493 e. The van der Waals surface area contributed by atoms with E-state index in [9.17, 15) is 14.7 Å². The van der Waals surface area contributed by atoms with Crippen molar-refractivity contribution in [3.05, 3.63) is 76.6 Å². The van der Waals surface area contributed by atoms with Crippen LogP contribution in [0.1, 0.15) is 28.4 Å². The molecule has 134 valence electrons. The molecule has 0 saturated heterocycles. The number of aliphatic hydroxyl groups excluding tert-OH is 1. The Labute approximate surface area is 151 Å². The molecule has 6 nitrogen and oxygen atoms in total. The number of aliphatic hydroxyl groups is 1. The van der Waals surface area contributed by atoms with E-state index in [2.05, 4.69) is 5.32 Å². The van der Waals surface area contributed by atoms with Crippen molar-refractivity contribution in [3.8, 4) is 0 Å². The van der Waals surface area contributed by atoms with Crippen LogP contribution in [0.3, 0.4) is 0 Å². The molecule has 0 spiro atoms. The van der Waals surface area contributed by atoms with Gasteiger partial charge in [-0.1, -0.05) is 36.4 Å². The second-order valence-corrected chi connectivity index (χ2v) is 5.87. The van der Waals surface area contributed by atoms with Crippen molar-refractivity contribution in [2.24, 2.45) is 0 Å². The smallest absolute Gasteiger partial charge is 0.338 e. The molecule has 6 heteroatoms. The zero-order chi connectivity index (χ0) is 18.5. The Hall–Kier alpha value is -3.12. The summed E-state index contributed by atoms with van der Waals surface area (Å²) in [6, 6.07) is 14.3. The molecular weight excluding hydrogens is 334 g/mol. The average molecular weight is 353 g/mol. The molecule has 2 aromatic carbocycles. The third-order valence-electron chi connectivity index (χ3n) is 4.11. The molecule has 26 heavy (non-hydrogen) atoms. The number of hydrogen-bond acceptors (Lipinski definition) is 5. The van der Waals surface area contributed by atoms with Crippen molar-refractivity contribution in [2.45, 2.75) is 20.1 Å².